The van der Waals surface area contributed by atoms with Crippen molar-refractivity contribution in [1.29, 1.82) is 0 Å². The van der Waals surface area contributed by atoms with E-state index in [0.29, 0.717) is 12.0 Å². The van der Waals surface area contributed by atoms with Crippen molar-refractivity contribution in [1.82, 2.24) is 4.90 Å². The van der Waals surface area contributed by atoms with Crippen LogP contribution in [0, 0.1) is 19.7 Å². The Morgan fingerprint density at radius 3 is 2.34 bits per heavy atom. The lowest BCUT2D eigenvalue weighted by atomic mass is 9.93. The van der Waals surface area contributed by atoms with Gasteiger partial charge < -0.3 is 10.0 Å². The van der Waals surface area contributed by atoms with Crippen molar-refractivity contribution in [2.45, 2.75) is 26.3 Å². The normalized spacial score (nSPS) is 17.7. The lowest BCUT2D eigenvalue weighted by Gasteiger charge is -2.25. The average molecular weight is 429 g/mol. The molecule has 1 atom stereocenters. The molecule has 0 saturated carbocycles. The van der Waals surface area contributed by atoms with Crippen LogP contribution in [-0.4, -0.2) is 28.2 Å². The predicted octanol–water partition coefficient (Wildman–Crippen LogP) is 5.11. The van der Waals surface area contributed by atoms with E-state index in [0.717, 1.165) is 22.3 Å². The van der Waals surface area contributed by atoms with Crippen LogP contribution in [0.5, 0.6) is 0 Å². The second kappa shape index (κ2) is 8.79. The first-order valence-electron chi connectivity index (χ1n) is 10.5. The van der Waals surface area contributed by atoms with Crippen LogP contribution >= 0.6 is 0 Å². The van der Waals surface area contributed by atoms with E-state index in [1.807, 2.05) is 62.4 Å². The van der Waals surface area contributed by atoms with Crippen LogP contribution in [0.1, 0.15) is 33.9 Å². The number of nitrogens with zero attached hydrogens (tertiary/aromatic N) is 1. The third kappa shape index (κ3) is 4.06. The van der Waals surface area contributed by atoms with E-state index < -0.39 is 17.7 Å². The summed E-state index contributed by atoms with van der Waals surface area (Å²) in [4.78, 5) is 27.6. The molecular formula is C27H24FNO3. The highest BCUT2D eigenvalue weighted by Gasteiger charge is 2.45. The van der Waals surface area contributed by atoms with Gasteiger partial charge in [-0.15, -0.1) is 0 Å². The number of aliphatic hydroxyl groups excluding tert-OH is 1. The number of Topliss-reactive ketones (excluding diaryl/α,β-unsaturated/α-hetero) is 1. The molecule has 3 aromatic carbocycles. The van der Waals surface area contributed by atoms with Gasteiger partial charge in [-0.2, -0.15) is 0 Å². The minimum atomic E-state index is -0.698. The number of carbonyl (C=O) groups excluding carboxylic acids is 2. The highest BCUT2D eigenvalue weighted by molar-refractivity contribution is 6.46. The van der Waals surface area contributed by atoms with Crippen LogP contribution in [0.15, 0.2) is 78.4 Å². The average Bonchev–Trinajstić information content (AvgIpc) is 3.05. The maximum Gasteiger partial charge on any atom is 0.295 e. The molecule has 162 valence electrons. The van der Waals surface area contributed by atoms with E-state index in [1.54, 1.807) is 12.1 Å². The molecule has 4 nitrogen and oxygen atoms in total. The predicted molar refractivity (Wildman–Crippen MR) is 121 cm³/mol. The maximum atomic E-state index is 13.2. The Hall–Kier alpha value is -3.73. The summed E-state index contributed by atoms with van der Waals surface area (Å²) >= 11 is 0. The number of rotatable bonds is 5. The molecule has 0 aliphatic carbocycles. The Bertz CT molecular complexity index is 1200. The van der Waals surface area contributed by atoms with Crippen molar-refractivity contribution in [3.05, 3.63) is 112 Å². The zero-order chi connectivity index (χ0) is 22.8. The topological polar surface area (TPSA) is 57.6 Å². The number of hydrogen-bond donors (Lipinski definition) is 1. The molecule has 1 saturated heterocycles. The summed E-state index contributed by atoms with van der Waals surface area (Å²) in [6.45, 7) is 4.03. The van der Waals surface area contributed by atoms with E-state index in [9.17, 15) is 19.1 Å². The number of aryl methyl sites for hydroxylation is 2. The van der Waals surface area contributed by atoms with Gasteiger partial charge in [-0.3, -0.25) is 9.59 Å². The van der Waals surface area contributed by atoms with Crippen LogP contribution in [0.4, 0.5) is 4.39 Å². The van der Waals surface area contributed by atoms with Gasteiger partial charge in [0, 0.05) is 12.1 Å². The van der Waals surface area contributed by atoms with Gasteiger partial charge in [-0.05, 0) is 55.2 Å². The summed E-state index contributed by atoms with van der Waals surface area (Å²) in [5.41, 5.74) is 4.00. The van der Waals surface area contributed by atoms with Gasteiger partial charge in [-0.1, -0.05) is 60.2 Å². The molecular weight excluding hydrogens is 405 g/mol. The maximum absolute atomic E-state index is 13.2. The number of ketones is 1. The minimum absolute atomic E-state index is 0.0917. The molecule has 1 fully saturated rings. The largest absolute Gasteiger partial charge is 0.507 e. The van der Waals surface area contributed by atoms with Crippen molar-refractivity contribution in [2.24, 2.45) is 0 Å². The van der Waals surface area contributed by atoms with Gasteiger partial charge in [0.05, 0.1) is 11.6 Å². The molecule has 0 bridgehead atoms. The van der Waals surface area contributed by atoms with Gasteiger partial charge in [-0.25, -0.2) is 4.39 Å². The van der Waals surface area contributed by atoms with Gasteiger partial charge in [0.25, 0.3) is 11.7 Å². The van der Waals surface area contributed by atoms with Gasteiger partial charge in [0.1, 0.15) is 11.6 Å². The van der Waals surface area contributed by atoms with Crippen molar-refractivity contribution in [2.75, 3.05) is 6.54 Å². The van der Waals surface area contributed by atoms with Crippen LogP contribution in [0.2, 0.25) is 0 Å². The molecule has 1 aliphatic heterocycles. The second-order valence-electron chi connectivity index (χ2n) is 8.10. The SMILES string of the molecule is Cc1ccc(C)c(/C(O)=C2\C(=O)C(=O)N(CCc3ccc(F)cc3)C2c2ccccc2)c1. The summed E-state index contributed by atoms with van der Waals surface area (Å²) in [6.07, 6.45) is 0.458. The van der Waals surface area contributed by atoms with E-state index in [4.69, 9.17) is 0 Å². The van der Waals surface area contributed by atoms with Crippen LogP contribution in [0.25, 0.3) is 5.76 Å². The van der Waals surface area contributed by atoms with Gasteiger partial charge >= 0.3 is 0 Å². The molecule has 4 rings (SSSR count). The number of carbonyl (C=O) groups is 2. The monoisotopic (exact) mass is 429 g/mol. The van der Waals surface area contributed by atoms with E-state index in [-0.39, 0.29) is 23.7 Å². The summed E-state index contributed by atoms with van der Waals surface area (Å²) in [5.74, 6) is -1.83. The standard InChI is InChI=1S/C27H24FNO3/c1-17-8-9-18(2)22(16-17)25(30)23-24(20-6-4-3-5-7-20)29(27(32)26(23)31)15-14-19-10-12-21(28)13-11-19/h3-13,16,24,30H,14-15H2,1-2H3/b25-23+. The molecule has 0 spiro atoms. The fourth-order valence-electron chi connectivity index (χ4n) is 4.13. The van der Waals surface area contributed by atoms with Crippen molar-refractivity contribution in [3.63, 3.8) is 0 Å². The highest BCUT2D eigenvalue weighted by atomic mass is 19.1. The summed E-state index contributed by atoms with van der Waals surface area (Å²) in [6, 6.07) is 20.2. The Morgan fingerprint density at radius 2 is 1.66 bits per heavy atom. The number of halogens is 1. The first kappa shape index (κ1) is 21.5. The number of likely N-dealkylation sites (tertiary alicyclic amines) is 1. The molecule has 1 amide bonds. The minimum Gasteiger partial charge on any atom is -0.507 e. The zero-order valence-corrected chi connectivity index (χ0v) is 18.0. The molecule has 1 heterocycles. The fourth-order valence-corrected chi connectivity index (χ4v) is 4.13. The lowest BCUT2D eigenvalue weighted by Crippen LogP contribution is -2.31. The van der Waals surface area contributed by atoms with Crippen molar-refractivity contribution in [3.8, 4) is 0 Å². The smallest absolute Gasteiger partial charge is 0.295 e. The highest BCUT2D eigenvalue weighted by Crippen LogP contribution is 2.40. The molecule has 1 N–H and O–H groups in total. The Balaban J connectivity index is 1.79. The zero-order valence-electron chi connectivity index (χ0n) is 18.0. The Kier molecular flexibility index (Phi) is 5.91. The second-order valence-corrected chi connectivity index (χ2v) is 8.10. The van der Waals surface area contributed by atoms with Crippen molar-refractivity contribution >= 4 is 17.4 Å². The molecule has 1 unspecified atom stereocenters. The molecule has 0 aromatic heterocycles. The number of benzene rings is 3. The number of hydrogen-bond acceptors (Lipinski definition) is 3. The first-order chi connectivity index (χ1) is 15.4. The van der Waals surface area contributed by atoms with Crippen LogP contribution < -0.4 is 0 Å². The third-order valence-corrected chi connectivity index (χ3v) is 5.86. The number of amides is 1. The quantitative estimate of drug-likeness (QED) is 0.348. The summed E-state index contributed by atoms with van der Waals surface area (Å²) in [5, 5.41) is 11.2. The number of aliphatic hydroxyl groups is 1. The first-order valence-corrected chi connectivity index (χ1v) is 10.5. The van der Waals surface area contributed by atoms with Crippen LogP contribution in [0.3, 0.4) is 0 Å². The Labute approximate surface area is 186 Å². The van der Waals surface area contributed by atoms with E-state index >= 15 is 0 Å². The Morgan fingerprint density at radius 1 is 0.969 bits per heavy atom. The van der Waals surface area contributed by atoms with Crippen LogP contribution in [-0.2, 0) is 16.0 Å². The molecule has 0 radical (unpaired) electrons. The molecule has 32 heavy (non-hydrogen) atoms. The molecule has 3 aromatic rings. The molecule has 5 heteroatoms. The summed E-state index contributed by atoms with van der Waals surface area (Å²) in [7, 11) is 0. The third-order valence-electron chi connectivity index (χ3n) is 5.86. The lowest BCUT2D eigenvalue weighted by molar-refractivity contribution is -0.139. The summed E-state index contributed by atoms with van der Waals surface area (Å²) < 4.78 is 13.2. The molecule has 1 aliphatic rings. The van der Waals surface area contributed by atoms with E-state index in [1.165, 1.54) is 17.0 Å². The van der Waals surface area contributed by atoms with E-state index in [2.05, 4.69) is 0 Å². The van der Waals surface area contributed by atoms with Crippen molar-refractivity contribution < 1.29 is 19.1 Å². The fraction of sp³-hybridized carbons (Fsp3) is 0.185. The van der Waals surface area contributed by atoms with Gasteiger partial charge in [0.2, 0.25) is 0 Å². The van der Waals surface area contributed by atoms with Gasteiger partial charge in [0.15, 0.2) is 0 Å².